The van der Waals surface area contributed by atoms with Crippen molar-refractivity contribution in [2.75, 3.05) is 31.1 Å². The number of piperazine rings is 1. The number of benzene rings is 1. The molecule has 5 heteroatoms. The lowest BCUT2D eigenvalue weighted by Gasteiger charge is -2.32. The largest absolute Gasteiger partial charge is 0.393 e. The maximum Gasteiger partial charge on any atom is 0.393 e. The number of hydrogen-bond acceptors (Lipinski definition) is 2. The van der Waals surface area contributed by atoms with Gasteiger partial charge in [-0.25, -0.2) is 0 Å². The number of nitrogens with one attached hydrogen (secondary N) is 1. The van der Waals surface area contributed by atoms with Gasteiger partial charge in [-0.3, -0.25) is 0 Å². The third-order valence-electron chi connectivity index (χ3n) is 3.79. The van der Waals surface area contributed by atoms with Crippen LogP contribution in [0.2, 0.25) is 0 Å². The van der Waals surface area contributed by atoms with Gasteiger partial charge < -0.3 is 10.2 Å². The molecule has 0 amide bonds. The molecule has 1 fully saturated rings. The first-order valence-corrected chi connectivity index (χ1v) is 7.33. The highest BCUT2D eigenvalue weighted by Gasteiger charge is 2.30. The molecule has 118 valence electrons. The summed E-state index contributed by atoms with van der Waals surface area (Å²) in [6.45, 7) is 9.18. The van der Waals surface area contributed by atoms with Crippen LogP contribution >= 0.6 is 0 Å². The minimum Gasteiger partial charge on any atom is -0.369 e. The Morgan fingerprint density at radius 1 is 1.10 bits per heavy atom. The third-order valence-corrected chi connectivity index (χ3v) is 3.79. The molecule has 1 aliphatic rings. The van der Waals surface area contributed by atoms with Crippen molar-refractivity contribution in [3.05, 3.63) is 29.3 Å². The second kappa shape index (κ2) is 5.87. The van der Waals surface area contributed by atoms with Crippen molar-refractivity contribution in [3.8, 4) is 0 Å². The van der Waals surface area contributed by atoms with Gasteiger partial charge in [0.25, 0.3) is 0 Å². The first kappa shape index (κ1) is 16.1. The summed E-state index contributed by atoms with van der Waals surface area (Å²) < 4.78 is 38.7. The lowest BCUT2D eigenvalue weighted by molar-refractivity contribution is -0.127. The molecule has 1 saturated heterocycles. The zero-order valence-electron chi connectivity index (χ0n) is 12.8. The number of halogens is 3. The molecule has 0 radical (unpaired) electrons. The van der Waals surface area contributed by atoms with Crippen molar-refractivity contribution in [2.24, 2.45) is 0 Å². The smallest absolute Gasteiger partial charge is 0.369 e. The van der Waals surface area contributed by atoms with E-state index >= 15 is 0 Å². The van der Waals surface area contributed by atoms with Crippen LogP contribution in [0.15, 0.2) is 18.2 Å². The van der Waals surface area contributed by atoms with E-state index in [1.807, 2.05) is 37.8 Å². The number of anilines is 1. The van der Waals surface area contributed by atoms with E-state index in [-0.39, 0.29) is 5.41 Å². The van der Waals surface area contributed by atoms with E-state index in [1.165, 1.54) is 0 Å². The predicted molar refractivity (Wildman–Crippen MR) is 80.0 cm³/mol. The van der Waals surface area contributed by atoms with Crippen molar-refractivity contribution >= 4 is 5.69 Å². The molecule has 1 heterocycles. The van der Waals surface area contributed by atoms with Crippen LogP contribution in [-0.2, 0) is 11.8 Å². The third kappa shape index (κ3) is 4.37. The normalized spacial score (nSPS) is 17.1. The predicted octanol–water partition coefficient (Wildman–Crippen LogP) is 3.50. The number of hydrogen-bond donors (Lipinski definition) is 1. The molecule has 0 unspecified atom stereocenters. The molecule has 0 aliphatic carbocycles. The van der Waals surface area contributed by atoms with Crippen LogP contribution in [0.5, 0.6) is 0 Å². The van der Waals surface area contributed by atoms with Crippen molar-refractivity contribution in [3.63, 3.8) is 0 Å². The van der Waals surface area contributed by atoms with Crippen LogP contribution in [-0.4, -0.2) is 32.4 Å². The van der Waals surface area contributed by atoms with Crippen molar-refractivity contribution in [1.29, 1.82) is 0 Å². The van der Waals surface area contributed by atoms with Gasteiger partial charge in [0.15, 0.2) is 0 Å². The fraction of sp³-hybridized carbons (Fsp3) is 0.625. The molecule has 1 N–H and O–H groups in total. The molecular formula is C16H23F3N2. The van der Waals surface area contributed by atoms with Gasteiger partial charge in [0.2, 0.25) is 0 Å². The van der Waals surface area contributed by atoms with E-state index in [0.717, 1.165) is 37.4 Å². The molecule has 2 nitrogen and oxygen atoms in total. The molecule has 21 heavy (non-hydrogen) atoms. The lowest BCUT2D eigenvalue weighted by atomic mass is 9.85. The molecule has 1 aliphatic heterocycles. The van der Waals surface area contributed by atoms with E-state index in [2.05, 4.69) is 5.32 Å². The lowest BCUT2D eigenvalue weighted by Crippen LogP contribution is -2.44. The summed E-state index contributed by atoms with van der Waals surface area (Å²) in [5.74, 6) is 0. The first-order valence-electron chi connectivity index (χ1n) is 7.33. The topological polar surface area (TPSA) is 15.3 Å². The number of alkyl halides is 3. The van der Waals surface area contributed by atoms with Gasteiger partial charge in [-0.2, -0.15) is 13.2 Å². The van der Waals surface area contributed by atoms with Gasteiger partial charge in [0.05, 0.1) is 6.42 Å². The average Bonchev–Trinajstić information content (AvgIpc) is 2.36. The Morgan fingerprint density at radius 2 is 1.71 bits per heavy atom. The van der Waals surface area contributed by atoms with Gasteiger partial charge in [0.1, 0.15) is 0 Å². The Bertz CT molecular complexity index is 483. The Kier molecular flexibility index (Phi) is 4.51. The zero-order chi connectivity index (χ0) is 15.7. The van der Waals surface area contributed by atoms with Crippen molar-refractivity contribution in [1.82, 2.24) is 5.32 Å². The second-order valence-corrected chi connectivity index (χ2v) is 6.62. The van der Waals surface area contributed by atoms with E-state index in [4.69, 9.17) is 0 Å². The summed E-state index contributed by atoms with van der Waals surface area (Å²) in [5, 5.41) is 3.22. The summed E-state index contributed by atoms with van der Waals surface area (Å²) in [7, 11) is 0. The van der Waals surface area contributed by atoms with E-state index < -0.39 is 12.6 Å². The molecule has 0 saturated carbocycles. The highest BCUT2D eigenvalue weighted by atomic mass is 19.4. The Hall–Kier alpha value is -1.23. The molecule has 0 atom stereocenters. The summed E-state index contributed by atoms with van der Waals surface area (Å²) in [4.78, 5) is 2.05. The Labute approximate surface area is 124 Å². The summed E-state index contributed by atoms with van der Waals surface area (Å²) in [6.07, 6.45) is -5.05. The maximum atomic E-state index is 12.9. The second-order valence-electron chi connectivity index (χ2n) is 6.62. The first-order chi connectivity index (χ1) is 9.67. The van der Waals surface area contributed by atoms with Gasteiger partial charge in [-0.15, -0.1) is 0 Å². The monoisotopic (exact) mass is 300 g/mol. The molecule has 0 aromatic heterocycles. The number of rotatable bonds is 2. The summed E-state index contributed by atoms with van der Waals surface area (Å²) in [5.41, 5.74) is 1.90. The van der Waals surface area contributed by atoms with Gasteiger partial charge >= 0.3 is 6.18 Å². The van der Waals surface area contributed by atoms with E-state index in [0.29, 0.717) is 5.56 Å². The quantitative estimate of drug-likeness (QED) is 0.899. The van der Waals surface area contributed by atoms with Crippen LogP contribution in [0.4, 0.5) is 18.9 Å². The molecular weight excluding hydrogens is 277 g/mol. The fourth-order valence-electron chi connectivity index (χ4n) is 2.62. The Morgan fingerprint density at radius 3 is 2.24 bits per heavy atom. The van der Waals surface area contributed by atoms with Crippen LogP contribution < -0.4 is 10.2 Å². The van der Waals surface area contributed by atoms with Crippen LogP contribution in [0, 0.1) is 0 Å². The minimum atomic E-state index is -4.18. The summed E-state index contributed by atoms with van der Waals surface area (Å²) in [6, 6.07) is 5.54. The zero-order valence-corrected chi connectivity index (χ0v) is 12.8. The van der Waals surface area contributed by atoms with Crippen LogP contribution in [0.25, 0.3) is 0 Å². The van der Waals surface area contributed by atoms with Gasteiger partial charge in [-0.05, 0) is 22.6 Å². The maximum absolute atomic E-state index is 12.9. The molecule has 1 aromatic rings. The molecule has 0 spiro atoms. The molecule has 2 rings (SSSR count). The summed E-state index contributed by atoms with van der Waals surface area (Å²) >= 11 is 0. The van der Waals surface area contributed by atoms with Gasteiger partial charge in [-0.1, -0.05) is 32.9 Å². The average molecular weight is 300 g/mol. The SMILES string of the molecule is CC(C)(C)c1ccc(N2CCNCC2)c(CC(F)(F)F)c1. The molecule has 0 bridgehead atoms. The highest BCUT2D eigenvalue weighted by molar-refractivity contribution is 5.56. The fourth-order valence-corrected chi connectivity index (χ4v) is 2.62. The van der Waals surface area contributed by atoms with E-state index in [1.54, 1.807) is 6.07 Å². The van der Waals surface area contributed by atoms with Crippen molar-refractivity contribution in [2.45, 2.75) is 38.8 Å². The van der Waals surface area contributed by atoms with Gasteiger partial charge in [0, 0.05) is 31.9 Å². The van der Waals surface area contributed by atoms with E-state index in [9.17, 15) is 13.2 Å². The minimum absolute atomic E-state index is 0.150. The standard InChI is InChI=1S/C16H23F3N2/c1-15(2,3)13-4-5-14(21-8-6-20-7-9-21)12(10-13)11-16(17,18)19/h4-5,10,20H,6-9,11H2,1-3H3. The van der Waals surface area contributed by atoms with Crippen LogP contribution in [0.3, 0.4) is 0 Å². The Balaban J connectivity index is 2.38. The van der Waals surface area contributed by atoms with Crippen LogP contribution in [0.1, 0.15) is 31.9 Å². The number of nitrogens with zero attached hydrogens (tertiary/aromatic N) is 1. The molecule has 1 aromatic carbocycles. The van der Waals surface area contributed by atoms with Crippen molar-refractivity contribution < 1.29 is 13.2 Å². The highest BCUT2D eigenvalue weighted by Crippen LogP contribution is 2.33.